The Morgan fingerprint density at radius 1 is 0.974 bits per heavy atom. The Kier molecular flexibility index (Phi) is 12.3. The summed E-state index contributed by atoms with van der Waals surface area (Å²) in [5, 5.41) is 16.7. The van der Waals surface area contributed by atoms with Gasteiger partial charge in [-0.1, -0.05) is 44.2 Å². The van der Waals surface area contributed by atoms with E-state index in [1.54, 1.807) is 49.4 Å². The molecule has 0 aromatic heterocycles. The van der Waals surface area contributed by atoms with Gasteiger partial charge in [-0.15, -0.1) is 0 Å². The van der Waals surface area contributed by atoms with Crippen molar-refractivity contribution < 1.29 is 19.4 Å². The normalized spacial score (nSPS) is 10.9. The summed E-state index contributed by atoms with van der Waals surface area (Å²) in [6, 6.07) is 19.7. The summed E-state index contributed by atoms with van der Waals surface area (Å²) < 4.78 is 5.16. The van der Waals surface area contributed by atoms with Gasteiger partial charge in [0.25, 0.3) is 11.8 Å². The molecule has 0 unspecified atom stereocenters. The molecule has 8 nitrogen and oxygen atoms in total. The maximum atomic E-state index is 13.0. The summed E-state index contributed by atoms with van der Waals surface area (Å²) in [6.45, 7) is 11.7. The summed E-state index contributed by atoms with van der Waals surface area (Å²) in [5.41, 5.74) is 5.98. The molecule has 2 amide bonds. The summed E-state index contributed by atoms with van der Waals surface area (Å²) in [6.07, 6.45) is 3.04. The lowest BCUT2D eigenvalue weighted by Crippen LogP contribution is -2.32. The van der Waals surface area contributed by atoms with Crippen LogP contribution in [0.4, 0.5) is 5.69 Å². The zero-order valence-corrected chi connectivity index (χ0v) is 23.5. The molecular formula is C31H38N4O4. The first kappa shape index (κ1) is 30.6. The van der Waals surface area contributed by atoms with Gasteiger partial charge in [0.05, 0.1) is 13.3 Å². The number of hydrogen-bond donors (Lipinski definition) is 3. The van der Waals surface area contributed by atoms with E-state index in [1.165, 1.54) is 13.3 Å². The lowest BCUT2D eigenvalue weighted by atomic mass is 10.1. The van der Waals surface area contributed by atoms with Gasteiger partial charge < -0.3 is 20.1 Å². The molecule has 0 heterocycles. The summed E-state index contributed by atoms with van der Waals surface area (Å²) in [4.78, 5) is 28.0. The highest BCUT2D eigenvalue weighted by Gasteiger charge is 2.15. The second kappa shape index (κ2) is 15.6. The molecule has 0 fully saturated rings. The predicted molar refractivity (Wildman–Crippen MR) is 158 cm³/mol. The number of carbonyl (C=O) groups is 2. The van der Waals surface area contributed by atoms with Crippen LogP contribution in [0.3, 0.4) is 0 Å². The number of phenolic OH excluding ortho intramolecular Hbond substituents is 1. The Morgan fingerprint density at radius 3 is 2.21 bits per heavy atom. The second-order valence-electron chi connectivity index (χ2n) is 8.23. The number of benzene rings is 3. The van der Waals surface area contributed by atoms with Gasteiger partial charge in [0, 0.05) is 24.3 Å². The van der Waals surface area contributed by atoms with E-state index in [2.05, 4.69) is 34.6 Å². The molecule has 0 aliphatic carbocycles. The van der Waals surface area contributed by atoms with E-state index in [9.17, 15) is 14.7 Å². The van der Waals surface area contributed by atoms with Crippen molar-refractivity contribution in [2.45, 2.75) is 34.6 Å². The first-order valence-electron chi connectivity index (χ1n) is 13.0. The summed E-state index contributed by atoms with van der Waals surface area (Å²) >= 11 is 0. The van der Waals surface area contributed by atoms with Crippen LogP contribution in [0.25, 0.3) is 6.08 Å². The lowest BCUT2D eigenvalue weighted by Gasteiger charge is -2.21. The van der Waals surface area contributed by atoms with Crippen molar-refractivity contribution in [1.29, 1.82) is 0 Å². The number of phenols is 1. The number of rotatable bonds is 10. The van der Waals surface area contributed by atoms with Crippen LogP contribution >= 0.6 is 0 Å². The SMILES string of the molecule is CC.CCN(CC)c1ccc(/C=C(/NC(=O)c2ccccc2)C(=O)N/N=C/c2cc(C)c(O)c(OC)c2)cc1. The molecule has 3 aromatic rings. The molecule has 3 N–H and O–H groups in total. The molecule has 3 rings (SSSR count). The number of carbonyl (C=O) groups excluding carboxylic acids is 2. The highest BCUT2D eigenvalue weighted by molar-refractivity contribution is 6.05. The van der Waals surface area contributed by atoms with Crippen LogP contribution in [-0.2, 0) is 4.79 Å². The van der Waals surface area contributed by atoms with Gasteiger partial charge in [-0.3, -0.25) is 9.59 Å². The van der Waals surface area contributed by atoms with Crippen LogP contribution < -0.4 is 20.4 Å². The van der Waals surface area contributed by atoms with Crippen LogP contribution in [-0.4, -0.2) is 43.3 Å². The third kappa shape index (κ3) is 8.74. The van der Waals surface area contributed by atoms with Crippen molar-refractivity contribution in [1.82, 2.24) is 10.7 Å². The standard InChI is InChI=1S/C29H32N4O4.C2H6/c1-5-33(6-2)24-14-12-21(13-15-24)17-25(31-28(35)23-10-8-7-9-11-23)29(36)32-30-19-22-16-20(3)27(34)26(18-22)37-4;1-2/h7-19,34H,5-6H2,1-4H3,(H,31,35)(H,32,36);1-2H3/b25-17+,30-19+;. The summed E-state index contributed by atoms with van der Waals surface area (Å²) in [7, 11) is 1.46. The van der Waals surface area contributed by atoms with Crippen molar-refractivity contribution in [2.24, 2.45) is 5.10 Å². The van der Waals surface area contributed by atoms with E-state index < -0.39 is 11.8 Å². The van der Waals surface area contributed by atoms with E-state index >= 15 is 0 Å². The molecule has 0 saturated heterocycles. The molecule has 8 heteroatoms. The first-order valence-corrected chi connectivity index (χ1v) is 13.0. The minimum Gasteiger partial charge on any atom is -0.504 e. The minimum absolute atomic E-state index is 0.0426. The average molecular weight is 531 g/mol. The second-order valence-corrected chi connectivity index (χ2v) is 8.23. The molecule has 3 aromatic carbocycles. The molecule has 206 valence electrons. The molecule has 0 radical (unpaired) electrons. The van der Waals surface area contributed by atoms with Crippen LogP contribution in [0.5, 0.6) is 11.5 Å². The van der Waals surface area contributed by atoms with Crippen molar-refractivity contribution in [3.05, 3.63) is 94.7 Å². The highest BCUT2D eigenvalue weighted by Crippen LogP contribution is 2.30. The Morgan fingerprint density at radius 2 is 1.62 bits per heavy atom. The van der Waals surface area contributed by atoms with Gasteiger partial charge in [0.2, 0.25) is 0 Å². The number of aromatic hydroxyl groups is 1. The van der Waals surface area contributed by atoms with Gasteiger partial charge in [0.1, 0.15) is 5.70 Å². The zero-order chi connectivity index (χ0) is 28.8. The summed E-state index contributed by atoms with van der Waals surface area (Å²) in [5.74, 6) is -0.651. The number of ether oxygens (including phenoxy) is 1. The zero-order valence-electron chi connectivity index (χ0n) is 23.5. The van der Waals surface area contributed by atoms with Gasteiger partial charge in [-0.25, -0.2) is 5.43 Å². The fourth-order valence-electron chi connectivity index (χ4n) is 3.71. The van der Waals surface area contributed by atoms with Crippen LogP contribution in [0, 0.1) is 6.92 Å². The Bertz CT molecular complexity index is 1280. The van der Waals surface area contributed by atoms with Crippen LogP contribution in [0.1, 0.15) is 54.7 Å². The molecule has 0 saturated carbocycles. The average Bonchev–Trinajstić information content (AvgIpc) is 2.97. The number of methoxy groups -OCH3 is 1. The van der Waals surface area contributed by atoms with Crippen LogP contribution in [0.15, 0.2) is 77.5 Å². The highest BCUT2D eigenvalue weighted by atomic mass is 16.5. The molecule has 0 bridgehead atoms. The Hall–Kier alpha value is -4.59. The van der Waals surface area contributed by atoms with Crippen molar-refractivity contribution in [2.75, 3.05) is 25.1 Å². The molecular weight excluding hydrogens is 492 g/mol. The van der Waals surface area contributed by atoms with E-state index in [-0.39, 0.29) is 11.4 Å². The predicted octanol–water partition coefficient (Wildman–Crippen LogP) is 5.50. The number of hydrazone groups is 1. The van der Waals surface area contributed by atoms with Crippen molar-refractivity contribution in [3.8, 4) is 11.5 Å². The number of amides is 2. The first-order chi connectivity index (χ1) is 18.9. The third-order valence-electron chi connectivity index (χ3n) is 5.75. The lowest BCUT2D eigenvalue weighted by molar-refractivity contribution is -0.117. The maximum absolute atomic E-state index is 13.0. The van der Waals surface area contributed by atoms with E-state index in [4.69, 9.17) is 4.74 Å². The van der Waals surface area contributed by atoms with Crippen LogP contribution in [0.2, 0.25) is 0 Å². The smallest absolute Gasteiger partial charge is 0.287 e. The topological polar surface area (TPSA) is 103 Å². The molecule has 0 atom stereocenters. The number of nitrogens with one attached hydrogen (secondary N) is 2. The Labute approximate surface area is 231 Å². The van der Waals surface area contributed by atoms with Crippen molar-refractivity contribution >= 4 is 29.8 Å². The largest absolute Gasteiger partial charge is 0.504 e. The van der Waals surface area contributed by atoms with Crippen molar-refractivity contribution in [3.63, 3.8) is 0 Å². The quantitative estimate of drug-likeness (QED) is 0.182. The van der Waals surface area contributed by atoms with E-state index in [1.807, 2.05) is 44.2 Å². The van der Waals surface area contributed by atoms with Gasteiger partial charge in [0.15, 0.2) is 11.5 Å². The van der Waals surface area contributed by atoms with Gasteiger partial charge in [-0.2, -0.15) is 5.10 Å². The van der Waals surface area contributed by atoms with Gasteiger partial charge in [-0.05, 0) is 79.9 Å². The maximum Gasteiger partial charge on any atom is 0.287 e. The fourth-order valence-corrected chi connectivity index (χ4v) is 3.71. The van der Waals surface area contributed by atoms with E-state index in [0.717, 1.165) is 24.3 Å². The molecule has 39 heavy (non-hydrogen) atoms. The number of aryl methyl sites for hydroxylation is 1. The molecule has 0 aliphatic rings. The third-order valence-corrected chi connectivity index (χ3v) is 5.75. The number of anilines is 1. The molecule has 0 aliphatic heterocycles. The van der Waals surface area contributed by atoms with Gasteiger partial charge >= 0.3 is 0 Å². The number of nitrogens with zero attached hydrogens (tertiary/aromatic N) is 2. The minimum atomic E-state index is -0.587. The fraction of sp³-hybridized carbons (Fsp3) is 0.258. The van der Waals surface area contributed by atoms with E-state index in [0.29, 0.717) is 22.4 Å². The number of hydrogen-bond acceptors (Lipinski definition) is 6. The Balaban J connectivity index is 0.00000260. The monoisotopic (exact) mass is 530 g/mol. The molecule has 0 spiro atoms.